The summed E-state index contributed by atoms with van der Waals surface area (Å²) in [5, 5.41) is 0. The monoisotopic (exact) mass is 496 g/mol. The molecule has 0 N–H and O–H groups in total. The number of thiazole rings is 1. The first kappa shape index (κ1) is 19.6. The van der Waals surface area contributed by atoms with Crippen LogP contribution in [0.3, 0.4) is 0 Å². The largest absolute Gasteiger partial charge is 0.497 e. The minimum absolute atomic E-state index is 0.0157. The van der Waals surface area contributed by atoms with Gasteiger partial charge in [-0.3, -0.25) is 9.59 Å². The highest BCUT2D eigenvalue weighted by molar-refractivity contribution is 14.1. The van der Waals surface area contributed by atoms with E-state index < -0.39 is 0 Å². The number of ether oxygens (including phenoxy) is 2. The Hall–Kier alpha value is -2.20. The van der Waals surface area contributed by atoms with Gasteiger partial charge in [-0.25, -0.2) is 0 Å². The van der Waals surface area contributed by atoms with Crippen molar-refractivity contribution >= 4 is 56.0 Å². The van der Waals surface area contributed by atoms with E-state index in [4.69, 9.17) is 9.47 Å². The predicted octanol–water partition coefficient (Wildman–Crippen LogP) is 3.62. The zero-order valence-electron chi connectivity index (χ0n) is 14.8. The van der Waals surface area contributed by atoms with Gasteiger partial charge in [0.2, 0.25) is 0 Å². The Morgan fingerprint density at radius 1 is 1.22 bits per heavy atom. The Labute approximate surface area is 173 Å². The van der Waals surface area contributed by atoms with Crippen LogP contribution in [-0.2, 0) is 16.1 Å². The van der Waals surface area contributed by atoms with Crippen molar-refractivity contribution in [1.29, 1.82) is 0 Å². The van der Waals surface area contributed by atoms with E-state index in [1.807, 2.05) is 30.3 Å². The molecular formula is C19H17IN2O4S. The summed E-state index contributed by atoms with van der Waals surface area (Å²) < 4.78 is 13.7. The third-order valence-electron chi connectivity index (χ3n) is 3.78. The third kappa shape index (κ3) is 4.38. The number of rotatable bonds is 5. The number of methoxy groups -OCH3 is 1. The van der Waals surface area contributed by atoms with Gasteiger partial charge in [0.15, 0.2) is 4.80 Å². The number of benzene rings is 2. The van der Waals surface area contributed by atoms with E-state index in [9.17, 15) is 9.59 Å². The minimum Gasteiger partial charge on any atom is -0.497 e. The summed E-state index contributed by atoms with van der Waals surface area (Å²) in [4.78, 5) is 29.5. The van der Waals surface area contributed by atoms with Gasteiger partial charge in [-0.15, -0.1) is 0 Å². The summed E-state index contributed by atoms with van der Waals surface area (Å²) >= 11 is 3.43. The van der Waals surface area contributed by atoms with Gasteiger partial charge in [0.05, 0.1) is 29.5 Å². The molecule has 0 saturated heterocycles. The predicted molar refractivity (Wildman–Crippen MR) is 112 cm³/mol. The summed E-state index contributed by atoms with van der Waals surface area (Å²) in [7, 11) is 1.59. The van der Waals surface area contributed by atoms with Gasteiger partial charge in [-0.1, -0.05) is 23.5 Å². The number of hydrogen-bond donors (Lipinski definition) is 0. The van der Waals surface area contributed by atoms with E-state index in [-0.39, 0.29) is 18.4 Å². The van der Waals surface area contributed by atoms with Crippen molar-refractivity contribution in [1.82, 2.24) is 4.57 Å². The van der Waals surface area contributed by atoms with Crippen molar-refractivity contribution < 1.29 is 19.1 Å². The highest BCUT2D eigenvalue weighted by Gasteiger charge is 2.14. The van der Waals surface area contributed by atoms with E-state index in [1.165, 1.54) is 11.3 Å². The molecule has 8 heteroatoms. The smallest absolute Gasteiger partial charge is 0.326 e. The first-order valence-corrected chi connectivity index (χ1v) is 10.1. The molecular weight excluding hydrogens is 479 g/mol. The molecule has 27 heavy (non-hydrogen) atoms. The second-order valence-corrected chi connectivity index (χ2v) is 7.68. The van der Waals surface area contributed by atoms with Crippen molar-refractivity contribution in [2.45, 2.75) is 13.5 Å². The van der Waals surface area contributed by atoms with Crippen molar-refractivity contribution in [2.75, 3.05) is 13.7 Å². The molecule has 140 valence electrons. The van der Waals surface area contributed by atoms with Crippen molar-refractivity contribution in [3.8, 4) is 5.75 Å². The zero-order valence-corrected chi connectivity index (χ0v) is 17.7. The molecule has 6 nitrogen and oxygen atoms in total. The molecule has 0 unspecified atom stereocenters. The fourth-order valence-electron chi connectivity index (χ4n) is 2.54. The summed E-state index contributed by atoms with van der Waals surface area (Å²) in [5.74, 6) is -0.0325. The molecule has 2 aromatic carbocycles. The SMILES string of the molecule is CCOC(=O)Cn1c(=NC(=O)c2ccccc2I)sc2cc(OC)ccc21. The van der Waals surface area contributed by atoms with Crippen LogP contribution >= 0.6 is 33.9 Å². The second-order valence-electron chi connectivity index (χ2n) is 5.51. The average molecular weight is 496 g/mol. The number of nitrogens with zero attached hydrogens (tertiary/aromatic N) is 2. The maximum atomic E-state index is 12.7. The fourth-order valence-corrected chi connectivity index (χ4v) is 4.21. The number of fused-ring (bicyclic) bond motifs is 1. The molecule has 0 aliphatic rings. The molecule has 0 spiro atoms. The summed E-state index contributed by atoms with van der Waals surface area (Å²) in [6.45, 7) is 2.03. The van der Waals surface area contributed by atoms with Gasteiger partial charge in [-0.2, -0.15) is 4.99 Å². The maximum absolute atomic E-state index is 12.7. The molecule has 0 fully saturated rings. The molecule has 0 aliphatic carbocycles. The molecule has 0 saturated carbocycles. The molecule has 3 aromatic rings. The van der Waals surface area contributed by atoms with Crippen LogP contribution in [0.1, 0.15) is 17.3 Å². The lowest BCUT2D eigenvalue weighted by Gasteiger charge is -2.06. The van der Waals surface area contributed by atoms with Crippen molar-refractivity contribution in [2.24, 2.45) is 4.99 Å². The molecule has 0 bridgehead atoms. The minimum atomic E-state index is -0.379. The lowest BCUT2D eigenvalue weighted by Crippen LogP contribution is -2.23. The molecule has 3 rings (SSSR count). The van der Waals surface area contributed by atoms with Crippen molar-refractivity contribution in [3.63, 3.8) is 0 Å². The summed E-state index contributed by atoms with van der Waals surface area (Å²) in [6.07, 6.45) is 0. The Balaban J connectivity index is 2.13. The first-order chi connectivity index (χ1) is 13.0. The first-order valence-electron chi connectivity index (χ1n) is 8.20. The summed E-state index contributed by atoms with van der Waals surface area (Å²) in [5.41, 5.74) is 1.32. The number of amides is 1. The molecule has 0 atom stereocenters. The molecule has 1 amide bonds. The average Bonchev–Trinajstić information content (AvgIpc) is 2.98. The quantitative estimate of drug-likeness (QED) is 0.400. The standard InChI is InChI=1S/C19H17IN2O4S/c1-3-26-17(23)11-22-15-9-8-12(25-2)10-16(15)27-19(22)21-18(24)13-6-4-5-7-14(13)20/h4-10H,3,11H2,1-2H3. The number of carbonyl (C=O) groups is 2. The highest BCUT2D eigenvalue weighted by Crippen LogP contribution is 2.23. The lowest BCUT2D eigenvalue weighted by atomic mass is 10.2. The van der Waals surface area contributed by atoms with Crippen LogP contribution < -0.4 is 9.54 Å². The van der Waals surface area contributed by atoms with Crippen molar-refractivity contribution in [3.05, 3.63) is 56.4 Å². The highest BCUT2D eigenvalue weighted by atomic mass is 127. The van der Waals surface area contributed by atoms with E-state index in [2.05, 4.69) is 27.6 Å². The maximum Gasteiger partial charge on any atom is 0.326 e. The van der Waals surface area contributed by atoms with Gasteiger partial charge in [-0.05, 0) is 59.8 Å². The van der Waals surface area contributed by atoms with Crippen LogP contribution in [0.2, 0.25) is 0 Å². The van der Waals surface area contributed by atoms with Gasteiger partial charge >= 0.3 is 5.97 Å². The molecule has 1 heterocycles. The van der Waals surface area contributed by atoms with Gasteiger partial charge < -0.3 is 14.0 Å². The topological polar surface area (TPSA) is 69.9 Å². The van der Waals surface area contributed by atoms with Crippen LogP contribution in [-0.4, -0.2) is 30.2 Å². The molecule has 0 radical (unpaired) electrons. The third-order valence-corrected chi connectivity index (χ3v) is 5.77. The lowest BCUT2D eigenvalue weighted by molar-refractivity contribution is -0.143. The Bertz CT molecular complexity index is 1070. The second kappa shape index (κ2) is 8.66. The van der Waals surface area contributed by atoms with E-state index in [0.29, 0.717) is 22.7 Å². The van der Waals surface area contributed by atoms with Gasteiger partial charge in [0.25, 0.3) is 5.91 Å². The van der Waals surface area contributed by atoms with Gasteiger partial charge in [0.1, 0.15) is 12.3 Å². The normalized spacial score (nSPS) is 11.6. The summed E-state index contributed by atoms with van der Waals surface area (Å²) in [6, 6.07) is 12.8. The van der Waals surface area contributed by atoms with E-state index in [0.717, 1.165) is 13.8 Å². The number of hydrogen-bond acceptors (Lipinski definition) is 5. The van der Waals surface area contributed by atoms with Crippen LogP contribution in [0.5, 0.6) is 5.75 Å². The Kier molecular flexibility index (Phi) is 6.27. The van der Waals surface area contributed by atoms with Crippen LogP contribution in [0.4, 0.5) is 0 Å². The van der Waals surface area contributed by atoms with Crippen LogP contribution in [0, 0.1) is 3.57 Å². The number of esters is 1. The van der Waals surface area contributed by atoms with E-state index >= 15 is 0 Å². The Morgan fingerprint density at radius 3 is 2.70 bits per heavy atom. The Morgan fingerprint density at radius 2 is 2.00 bits per heavy atom. The van der Waals surface area contributed by atoms with Crippen LogP contribution in [0.15, 0.2) is 47.5 Å². The molecule has 0 aliphatic heterocycles. The van der Waals surface area contributed by atoms with Gasteiger partial charge in [0, 0.05) is 3.57 Å². The van der Waals surface area contributed by atoms with Crippen LogP contribution in [0.25, 0.3) is 10.2 Å². The number of halogens is 1. The zero-order chi connectivity index (χ0) is 19.4. The van der Waals surface area contributed by atoms with E-state index in [1.54, 1.807) is 30.7 Å². The molecule has 1 aromatic heterocycles. The number of aromatic nitrogens is 1. The number of carbonyl (C=O) groups excluding carboxylic acids is 2. The fraction of sp³-hybridized carbons (Fsp3) is 0.211.